The zero-order chi connectivity index (χ0) is 14.1. The summed E-state index contributed by atoms with van der Waals surface area (Å²) < 4.78 is 18.5. The van der Waals surface area contributed by atoms with Crippen molar-refractivity contribution in [1.29, 1.82) is 0 Å². The van der Waals surface area contributed by atoms with Crippen molar-refractivity contribution in [2.45, 2.75) is 26.2 Å². The molecule has 104 valence electrons. The predicted molar refractivity (Wildman–Crippen MR) is 75.5 cm³/mol. The van der Waals surface area contributed by atoms with Crippen LogP contribution in [0.3, 0.4) is 0 Å². The summed E-state index contributed by atoms with van der Waals surface area (Å²) in [5.41, 5.74) is -0.107. The Labute approximate surface area is 114 Å². The monoisotopic (exact) mass is 264 g/mol. The first-order valence-corrected chi connectivity index (χ1v) is 6.51. The summed E-state index contributed by atoms with van der Waals surface area (Å²) in [5, 5.41) is 0. The van der Waals surface area contributed by atoms with Crippen LogP contribution in [0.25, 0.3) is 0 Å². The molecule has 19 heavy (non-hydrogen) atoms. The van der Waals surface area contributed by atoms with Gasteiger partial charge in [-0.2, -0.15) is 0 Å². The van der Waals surface area contributed by atoms with Crippen LogP contribution in [0.4, 0.5) is 4.39 Å². The average Bonchev–Trinajstić information content (AvgIpc) is 2.47. The lowest BCUT2D eigenvalue weighted by Gasteiger charge is -2.29. The quantitative estimate of drug-likeness (QED) is 0.413. The lowest BCUT2D eigenvalue weighted by Crippen LogP contribution is -2.36. The van der Waals surface area contributed by atoms with E-state index in [0.29, 0.717) is 12.8 Å². The van der Waals surface area contributed by atoms with Gasteiger partial charge in [0.2, 0.25) is 0 Å². The maximum absolute atomic E-state index is 13.2. The van der Waals surface area contributed by atoms with Crippen LogP contribution < -0.4 is 0 Å². The number of hydrogen-bond donors (Lipinski definition) is 0. The Hall–Kier alpha value is -1.64. The Balaban J connectivity index is 2.61. The number of carbonyl (C=O) groups is 1. The molecule has 3 heteroatoms. The number of alkyl halides is 1. The highest BCUT2D eigenvalue weighted by atomic mass is 19.1. The third-order valence-corrected chi connectivity index (χ3v) is 3.34. The van der Waals surface area contributed by atoms with Crippen molar-refractivity contribution in [3.8, 4) is 0 Å². The maximum atomic E-state index is 13.2. The zero-order valence-corrected chi connectivity index (χ0v) is 11.4. The summed E-state index contributed by atoms with van der Waals surface area (Å²) in [6.45, 7) is 4.96. The van der Waals surface area contributed by atoms with Crippen molar-refractivity contribution in [2.75, 3.05) is 13.3 Å². The molecular formula is C16H21FO2. The first kappa shape index (κ1) is 15.4. The van der Waals surface area contributed by atoms with E-state index < -0.39 is 18.1 Å². The van der Waals surface area contributed by atoms with Gasteiger partial charge in [-0.05, 0) is 31.8 Å². The Morgan fingerprint density at radius 3 is 2.84 bits per heavy atom. The molecule has 1 aliphatic rings. The Morgan fingerprint density at radius 2 is 2.32 bits per heavy atom. The zero-order valence-electron chi connectivity index (χ0n) is 11.4. The molecule has 0 aliphatic heterocycles. The van der Waals surface area contributed by atoms with Crippen molar-refractivity contribution in [3.63, 3.8) is 0 Å². The molecule has 0 saturated heterocycles. The molecule has 0 bridgehead atoms. The van der Waals surface area contributed by atoms with Crippen LogP contribution in [0, 0.1) is 5.41 Å². The first-order valence-electron chi connectivity index (χ1n) is 6.51. The molecule has 0 aromatic rings. The molecule has 0 radical (unpaired) electrons. The average molecular weight is 264 g/mol. The van der Waals surface area contributed by atoms with E-state index in [1.54, 1.807) is 12.2 Å². The second kappa shape index (κ2) is 7.72. The Morgan fingerprint density at radius 1 is 1.53 bits per heavy atom. The minimum atomic E-state index is -0.976. The Bertz CT molecular complexity index is 407. The predicted octanol–water partition coefficient (Wildman–Crippen LogP) is 3.91. The van der Waals surface area contributed by atoms with Gasteiger partial charge in [-0.25, -0.2) is 4.39 Å². The van der Waals surface area contributed by atoms with Gasteiger partial charge in [0.1, 0.15) is 13.3 Å². The van der Waals surface area contributed by atoms with Crippen molar-refractivity contribution >= 4 is 5.97 Å². The number of carbonyl (C=O) groups excluding carboxylic acids is 1. The number of esters is 1. The molecule has 0 unspecified atom stereocenters. The molecular weight excluding hydrogens is 243 g/mol. The summed E-state index contributed by atoms with van der Waals surface area (Å²) in [6, 6.07) is 0. The van der Waals surface area contributed by atoms with E-state index in [1.165, 1.54) is 0 Å². The molecule has 0 spiro atoms. The molecule has 0 saturated carbocycles. The minimum absolute atomic E-state index is 0.172. The molecule has 0 heterocycles. The summed E-state index contributed by atoms with van der Waals surface area (Å²) in [7, 11) is 0. The van der Waals surface area contributed by atoms with Crippen LogP contribution in [-0.2, 0) is 9.53 Å². The van der Waals surface area contributed by atoms with Crippen LogP contribution in [0.1, 0.15) is 26.2 Å². The van der Waals surface area contributed by atoms with Gasteiger partial charge in [-0.15, -0.1) is 0 Å². The van der Waals surface area contributed by atoms with E-state index in [4.69, 9.17) is 4.74 Å². The van der Waals surface area contributed by atoms with Gasteiger partial charge in [0.05, 0.1) is 5.41 Å². The second-order valence-electron chi connectivity index (χ2n) is 4.66. The highest BCUT2D eigenvalue weighted by Gasteiger charge is 2.39. The third-order valence-electron chi connectivity index (χ3n) is 3.34. The van der Waals surface area contributed by atoms with Gasteiger partial charge in [-0.3, -0.25) is 4.79 Å². The lowest BCUT2D eigenvalue weighted by molar-refractivity contribution is -0.156. The van der Waals surface area contributed by atoms with Crippen molar-refractivity contribution in [2.24, 2.45) is 5.41 Å². The molecule has 1 atom stereocenters. The van der Waals surface area contributed by atoms with Gasteiger partial charge in [0.25, 0.3) is 0 Å². The fraction of sp³-hybridized carbons (Fsp3) is 0.438. The van der Waals surface area contributed by atoms with Gasteiger partial charge in [0.15, 0.2) is 0 Å². The van der Waals surface area contributed by atoms with E-state index in [2.05, 4.69) is 6.58 Å². The summed E-state index contributed by atoms with van der Waals surface area (Å²) in [5.74, 6) is -0.439. The molecule has 0 aromatic heterocycles. The SMILES string of the molecule is C=C/C=C\C(=C/C)COC(=O)[C@]1(CF)CC=CCC1. The van der Waals surface area contributed by atoms with E-state index in [1.807, 2.05) is 31.2 Å². The fourth-order valence-electron chi connectivity index (χ4n) is 1.97. The van der Waals surface area contributed by atoms with E-state index in [9.17, 15) is 9.18 Å². The van der Waals surface area contributed by atoms with Gasteiger partial charge < -0.3 is 4.74 Å². The molecule has 2 nitrogen and oxygen atoms in total. The largest absolute Gasteiger partial charge is 0.460 e. The van der Waals surface area contributed by atoms with Crippen molar-refractivity contribution in [3.05, 3.63) is 48.6 Å². The molecule has 1 aliphatic carbocycles. The van der Waals surface area contributed by atoms with E-state index in [0.717, 1.165) is 12.0 Å². The van der Waals surface area contributed by atoms with Crippen LogP contribution in [0.15, 0.2) is 48.6 Å². The highest BCUT2D eigenvalue weighted by Crippen LogP contribution is 2.34. The third kappa shape index (κ3) is 4.19. The second-order valence-corrected chi connectivity index (χ2v) is 4.66. The number of halogens is 1. The number of hydrogen-bond acceptors (Lipinski definition) is 2. The smallest absolute Gasteiger partial charge is 0.315 e. The van der Waals surface area contributed by atoms with Gasteiger partial charge in [-0.1, -0.05) is 43.0 Å². The van der Waals surface area contributed by atoms with E-state index >= 15 is 0 Å². The topological polar surface area (TPSA) is 26.3 Å². The molecule has 0 aromatic carbocycles. The standard InChI is InChI=1S/C16H21FO2/c1-3-5-9-14(4-2)12-19-15(18)16(13-17)10-7-6-8-11-16/h3-7,9H,1,8,10-13H2,2H3/b9-5-,14-4+/t16-/m1/s1. The maximum Gasteiger partial charge on any atom is 0.315 e. The lowest BCUT2D eigenvalue weighted by atomic mass is 9.78. The number of rotatable bonds is 6. The van der Waals surface area contributed by atoms with Crippen molar-refractivity contribution < 1.29 is 13.9 Å². The Kier molecular flexibility index (Phi) is 6.26. The molecule has 1 rings (SSSR count). The van der Waals surface area contributed by atoms with Gasteiger partial charge in [0, 0.05) is 0 Å². The normalized spacial score (nSPS) is 23.6. The van der Waals surface area contributed by atoms with Crippen LogP contribution in [0.2, 0.25) is 0 Å². The van der Waals surface area contributed by atoms with Crippen molar-refractivity contribution in [1.82, 2.24) is 0 Å². The summed E-state index contributed by atoms with van der Waals surface area (Å²) >= 11 is 0. The fourth-order valence-corrected chi connectivity index (χ4v) is 1.97. The number of ether oxygens (including phenoxy) is 1. The summed E-state index contributed by atoms with van der Waals surface area (Å²) in [6.07, 6.45) is 12.6. The first-order chi connectivity index (χ1) is 9.18. The van der Waals surface area contributed by atoms with Crippen LogP contribution in [0.5, 0.6) is 0 Å². The molecule has 0 amide bonds. The summed E-state index contributed by atoms with van der Waals surface area (Å²) in [4.78, 5) is 12.1. The van der Waals surface area contributed by atoms with Crippen LogP contribution in [-0.4, -0.2) is 19.3 Å². The molecule has 0 N–H and O–H groups in total. The molecule has 0 fully saturated rings. The highest BCUT2D eigenvalue weighted by molar-refractivity contribution is 5.77. The van der Waals surface area contributed by atoms with E-state index in [-0.39, 0.29) is 6.61 Å². The number of allylic oxidation sites excluding steroid dienone is 5. The van der Waals surface area contributed by atoms with Gasteiger partial charge >= 0.3 is 5.97 Å². The minimum Gasteiger partial charge on any atom is -0.460 e. The van der Waals surface area contributed by atoms with Crippen LogP contribution >= 0.6 is 0 Å².